The molecule has 0 saturated carbocycles. The zero-order chi connectivity index (χ0) is 45.6. The molecule has 0 amide bonds. The smallest absolute Gasteiger partial charge is 0.434 e. The number of carbonyl (C=O) groups is 1. The van der Waals surface area contributed by atoms with Crippen LogP contribution in [0.15, 0.2) is 115 Å². The number of rotatable bonds is 18. The molecule has 11 atom stereocenters. The maximum absolute atomic E-state index is 13.3. The Kier molecular flexibility index (Phi) is 14.9. The van der Waals surface area contributed by atoms with Crippen LogP contribution in [0.25, 0.3) is 0 Å². The van der Waals surface area contributed by atoms with Crippen molar-refractivity contribution in [3.05, 3.63) is 148 Å². The Morgan fingerprint density at radius 2 is 1.12 bits per heavy atom. The lowest BCUT2D eigenvalue weighted by Crippen LogP contribution is -2.62. The fourth-order valence-corrected chi connectivity index (χ4v) is 8.58. The van der Waals surface area contributed by atoms with E-state index in [1.54, 1.807) is 25.1 Å². The van der Waals surface area contributed by atoms with Gasteiger partial charge >= 0.3 is 6.16 Å². The molecule has 348 valence electrons. The molecule has 4 aliphatic heterocycles. The molecule has 4 aromatic carbocycles. The van der Waals surface area contributed by atoms with Crippen molar-refractivity contribution in [3.8, 4) is 0 Å². The van der Waals surface area contributed by atoms with Gasteiger partial charge in [-0.3, -0.25) is 10.1 Å². The van der Waals surface area contributed by atoms with E-state index >= 15 is 0 Å². The number of nitro benzene ring substituents is 1. The zero-order valence-electron chi connectivity index (χ0n) is 37.1. The molecular formula is C49H57NO15. The summed E-state index contributed by atoms with van der Waals surface area (Å²) in [4.78, 5) is 24.6. The second-order valence-corrected chi connectivity index (χ2v) is 17.5. The molecule has 4 heterocycles. The van der Waals surface area contributed by atoms with Gasteiger partial charge in [0.1, 0.15) is 62.0 Å². The van der Waals surface area contributed by atoms with Gasteiger partial charge in [0, 0.05) is 17.5 Å². The lowest BCUT2D eigenvalue weighted by molar-refractivity contribution is -0.385. The Morgan fingerprint density at radius 1 is 0.600 bits per heavy atom. The Morgan fingerprint density at radius 3 is 1.74 bits per heavy atom. The van der Waals surface area contributed by atoms with Crippen molar-refractivity contribution in [2.24, 2.45) is 0 Å². The van der Waals surface area contributed by atoms with Crippen molar-refractivity contribution >= 4 is 11.8 Å². The topological polar surface area (TPSA) is 171 Å². The van der Waals surface area contributed by atoms with Gasteiger partial charge in [0.2, 0.25) is 0 Å². The monoisotopic (exact) mass is 899 g/mol. The van der Waals surface area contributed by atoms with Crippen LogP contribution in [0.4, 0.5) is 10.5 Å². The summed E-state index contributed by atoms with van der Waals surface area (Å²) in [5.41, 5.74) is 3.06. The van der Waals surface area contributed by atoms with Gasteiger partial charge in [0.15, 0.2) is 24.2 Å². The molecule has 16 heteroatoms. The molecule has 0 aliphatic carbocycles. The van der Waals surface area contributed by atoms with Gasteiger partial charge in [-0.2, -0.15) is 0 Å². The predicted octanol–water partition coefficient (Wildman–Crippen LogP) is 7.75. The highest BCUT2D eigenvalue weighted by molar-refractivity contribution is 5.60. The Balaban J connectivity index is 1.07. The maximum Gasteiger partial charge on any atom is 0.508 e. The van der Waals surface area contributed by atoms with Crippen molar-refractivity contribution in [2.75, 3.05) is 19.8 Å². The number of nitro groups is 1. The first kappa shape index (κ1) is 46.7. The van der Waals surface area contributed by atoms with Crippen molar-refractivity contribution in [1.82, 2.24) is 0 Å². The Bertz CT molecular complexity index is 2160. The minimum atomic E-state index is -1.13. The SMILES string of the molecule is CC(COC(=O)OC[C@H]1O[C@@H](OC[C@H]2O[C@@H]3OC(C)(C)O[C@@H]3[C@H]3OC(C)(C)O[C@H]32)[C@H](OCc2ccccc2)[C@@H](OCc2ccccc2)[C@@H]1OCc1ccccc1)c1ccccc1[N+](=O)[O-]. The molecule has 0 N–H and O–H groups in total. The lowest BCUT2D eigenvalue weighted by atomic mass is 9.97. The molecule has 4 aromatic rings. The van der Waals surface area contributed by atoms with Gasteiger partial charge in [-0.05, 0) is 44.4 Å². The highest BCUT2D eigenvalue weighted by atomic mass is 16.9. The first-order chi connectivity index (χ1) is 31.3. The first-order valence-electron chi connectivity index (χ1n) is 22.0. The standard InChI is InChI=1S/C49H57NO15/c1-31(35-23-15-16-24-36(35)50(52)53)25-58-47(51)59-30-37-39(54-26-32-17-9-6-10-18-32)41(55-27-33-19-11-7-12-20-33)43(56-28-34-21-13-8-14-22-34)45(60-37)57-29-38-40-42(63-48(2,3)62-40)44-46(61-38)65-49(4,5)64-44/h6-24,31,37-46H,25-30H2,1-5H3/t31?,37-,38-,39-,40+,41+,42+,43-,44-,45-,46-/m1/s1. The van der Waals surface area contributed by atoms with E-state index in [1.165, 1.54) is 6.07 Å². The summed E-state index contributed by atoms with van der Waals surface area (Å²) in [5, 5.41) is 11.7. The second-order valence-electron chi connectivity index (χ2n) is 17.5. The van der Waals surface area contributed by atoms with Crippen molar-refractivity contribution < 1.29 is 66.6 Å². The maximum atomic E-state index is 13.3. The minimum absolute atomic E-state index is 0.0520. The van der Waals surface area contributed by atoms with Crippen LogP contribution in [0.1, 0.15) is 62.8 Å². The molecule has 4 saturated heterocycles. The molecule has 0 bridgehead atoms. The third-order valence-electron chi connectivity index (χ3n) is 11.6. The van der Waals surface area contributed by atoms with E-state index in [9.17, 15) is 14.9 Å². The molecule has 1 unspecified atom stereocenters. The van der Waals surface area contributed by atoms with Crippen molar-refractivity contribution in [3.63, 3.8) is 0 Å². The van der Waals surface area contributed by atoms with Crippen LogP contribution in [0.2, 0.25) is 0 Å². The summed E-state index contributed by atoms with van der Waals surface area (Å²) >= 11 is 0. The normalized spacial score (nSPS) is 29.3. The van der Waals surface area contributed by atoms with Crippen LogP contribution in [0.5, 0.6) is 0 Å². The van der Waals surface area contributed by atoms with Crippen LogP contribution in [0.3, 0.4) is 0 Å². The van der Waals surface area contributed by atoms with E-state index < -0.39 is 90.0 Å². The molecule has 4 fully saturated rings. The number of ether oxygens (including phenoxy) is 12. The molecule has 16 nitrogen and oxygen atoms in total. The fourth-order valence-electron chi connectivity index (χ4n) is 8.58. The largest absolute Gasteiger partial charge is 0.508 e. The molecule has 4 aliphatic rings. The molecule has 8 rings (SSSR count). The summed E-state index contributed by atoms with van der Waals surface area (Å²) in [6.07, 6.45) is -8.84. The zero-order valence-corrected chi connectivity index (χ0v) is 37.1. The Hall–Kier alpha value is -4.85. The number of hydrogen-bond acceptors (Lipinski definition) is 15. The third kappa shape index (κ3) is 11.8. The summed E-state index contributed by atoms with van der Waals surface area (Å²) in [6, 6.07) is 35.4. The number of carbonyl (C=O) groups excluding carboxylic acids is 1. The Labute approximate surface area is 378 Å². The first-order valence-corrected chi connectivity index (χ1v) is 22.0. The van der Waals surface area contributed by atoms with Gasteiger partial charge in [0.25, 0.3) is 5.69 Å². The number of hydrogen-bond donors (Lipinski definition) is 0. The molecule has 0 aromatic heterocycles. The van der Waals surface area contributed by atoms with Gasteiger partial charge in [-0.1, -0.05) is 116 Å². The number of nitrogens with zero attached hydrogens (tertiary/aromatic N) is 1. The van der Waals surface area contributed by atoms with E-state index in [-0.39, 0.29) is 45.3 Å². The molecular weight excluding hydrogens is 843 g/mol. The highest BCUT2D eigenvalue weighted by Crippen LogP contribution is 2.44. The van der Waals surface area contributed by atoms with Crippen molar-refractivity contribution in [1.29, 1.82) is 0 Å². The average Bonchev–Trinajstić information content (AvgIpc) is 3.81. The molecule has 65 heavy (non-hydrogen) atoms. The van der Waals surface area contributed by atoms with E-state index in [1.807, 2.05) is 119 Å². The summed E-state index contributed by atoms with van der Waals surface area (Å²) in [6.45, 7) is 9.00. The number of benzene rings is 4. The van der Waals surface area contributed by atoms with E-state index in [0.717, 1.165) is 16.7 Å². The molecule has 0 spiro atoms. The summed E-state index contributed by atoms with van der Waals surface area (Å²) < 4.78 is 76.7. The van der Waals surface area contributed by atoms with E-state index in [2.05, 4.69) is 0 Å². The number of para-hydroxylation sites is 1. The number of fused-ring (bicyclic) bond motifs is 3. The van der Waals surface area contributed by atoms with Crippen LogP contribution in [0, 0.1) is 10.1 Å². The van der Waals surface area contributed by atoms with Crippen LogP contribution in [-0.4, -0.2) is 104 Å². The summed E-state index contributed by atoms with van der Waals surface area (Å²) in [5.74, 6) is -2.36. The third-order valence-corrected chi connectivity index (χ3v) is 11.6. The molecule has 0 radical (unpaired) electrons. The van der Waals surface area contributed by atoms with E-state index in [4.69, 9.17) is 56.8 Å². The van der Waals surface area contributed by atoms with Crippen LogP contribution < -0.4 is 0 Å². The van der Waals surface area contributed by atoms with Crippen LogP contribution >= 0.6 is 0 Å². The van der Waals surface area contributed by atoms with Crippen molar-refractivity contribution in [2.45, 2.75) is 133 Å². The van der Waals surface area contributed by atoms with Gasteiger partial charge in [0.05, 0.1) is 31.4 Å². The fraction of sp³-hybridized carbons (Fsp3) is 0.490. The second kappa shape index (κ2) is 20.8. The lowest BCUT2D eigenvalue weighted by Gasteiger charge is -2.46. The van der Waals surface area contributed by atoms with Gasteiger partial charge in [-0.15, -0.1) is 0 Å². The predicted molar refractivity (Wildman–Crippen MR) is 231 cm³/mol. The van der Waals surface area contributed by atoms with Gasteiger partial charge in [-0.25, -0.2) is 4.79 Å². The average molecular weight is 900 g/mol. The van der Waals surface area contributed by atoms with Gasteiger partial charge < -0.3 is 56.8 Å². The van der Waals surface area contributed by atoms with E-state index in [0.29, 0.717) is 5.56 Å². The summed E-state index contributed by atoms with van der Waals surface area (Å²) in [7, 11) is 0. The van der Waals surface area contributed by atoms with Crippen LogP contribution in [-0.2, 0) is 76.7 Å². The minimum Gasteiger partial charge on any atom is -0.434 e. The highest BCUT2D eigenvalue weighted by Gasteiger charge is 2.61. The quantitative estimate of drug-likeness (QED) is 0.0539.